The maximum Gasteiger partial charge on any atom is 0.303 e. The molecular formula is C17H17NO3. The largest absolute Gasteiger partial charge is 0.481 e. The van der Waals surface area contributed by atoms with E-state index in [2.05, 4.69) is 11.1 Å². The molecule has 0 aliphatic carbocycles. The van der Waals surface area contributed by atoms with Gasteiger partial charge in [-0.2, -0.15) is 0 Å². The number of aryl methyl sites for hydroxylation is 2. The average Bonchev–Trinajstić information content (AvgIpc) is 2.66. The third-order valence-electron chi connectivity index (χ3n) is 3.77. The van der Waals surface area contributed by atoms with Gasteiger partial charge in [-0.1, -0.05) is 18.2 Å². The highest BCUT2D eigenvalue weighted by Crippen LogP contribution is 2.34. The highest BCUT2D eigenvalue weighted by Gasteiger charge is 2.17. The van der Waals surface area contributed by atoms with Gasteiger partial charge in [0, 0.05) is 18.2 Å². The van der Waals surface area contributed by atoms with Crippen LogP contribution < -0.4 is 4.74 Å². The minimum atomic E-state index is -0.745. The summed E-state index contributed by atoms with van der Waals surface area (Å²) in [4.78, 5) is 14.9. The highest BCUT2D eigenvalue weighted by molar-refractivity contribution is 5.66. The molecule has 21 heavy (non-hydrogen) atoms. The van der Waals surface area contributed by atoms with E-state index in [1.54, 1.807) is 6.20 Å². The van der Waals surface area contributed by atoms with Gasteiger partial charge in [0.15, 0.2) is 0 Å². The van der Waals surface area contributed by atoms with Crippen molar-refractivity contribution in [3.8, 4) is 11.6 Å². The molecule has 2 heterocycles. The van der Waals surface area contributed by atoms with Crippen LogP contribution in [0.3, 0.4) is 0 Å². The van der Waals surface area contributed by atoms with E-state index in [0.29, 0.717) is 12.3 Å². The Morgan fingerprint density at radius 1 is 1.24 bits per heavy atom. The summed E-state index contributed by atoms with van der Waals surface area (Å²) in [6, 6.07) is 9.94. The van der Waals surface area contributed by atoms with Crippen LogP contribution >= 0.6 is 0 Å². The lowest BCUT2D eigenvalue weighted by atomic mass is 9.96. The van der Waals surface area contributed by atoms with Gasteiger partial charge in [-0.15, -0.1) is 0 Å². The molecule has 1 N–H and O–H groups in total. The minimum absolute atomic E-state index is 0.201. The lowest BCUT2D eigenvalue weighted by molar-refractivity contribution is -0.137. The Labute approximate surface area is 123 Å². The number of rotatable bonds is 4. The van der Waals surface area contributed by atoms with Crippen LogP contribution in [0, 0.1) is 0 Å². The molecular weight excluding hydrogens is 266 g/mol. The number of pyridine rings is 1. The molecule has 1 aliphatic rings. The summed E-state index contributed by atoms with van der Waals surface area (Å²) in [5.41, 5.74) is 3.48. The van der Waals surface area contributed by atoms with Gasteiger partial charge in [-0.3, -0.25) is 4.79 Å². The third kappa shape index (κ3) is 3.05. The number of aromatic nitrogens is 1. The number of carboxylic acids is 1. The highest BCUT2D eigenvalue weighted by atomic mass is 16.5. The first-order valence-corrected chi connectivity index (χ1v) is 7.18. The van der Waals surface area contributed by atoms with E-state index in [1.807, 2.05) is 24.3 Å². The lowest BCUT2D eigenvalue weighted by Crippen LogP contribution is -2.00. The van der Waals surface area contributed by atoms with Crippen molar-refractivity contribution in [3.63, 3.8) is 0 Å². The van der Waals surface area contributed by atoms with Gasteiger partial charge in [0.1, 0.15) is 5.75 Å². The molecule has 0 saturated heterocycles. The summed E-state index contributed by atoms with van der Waals surface area (Å²) < 4.78 is 5.94. The van der Waals surface area contributed by atoms with Crippen LogP contribution in [-0.2, 0) is 24.1 Å². The topological polar surface area (TPSA) is 59.4 Å². The van der Waals surface area contributed by atoms with Crippen LogP contribution in [0.25, 0.3) is 0 Å². The van der Waals surface area contributed by atoms with Gasteiger partial charge in [-0.05, 0) is 48.9 Å². The number of fused-ring (bicyclic) bond motifs is 2. The first kappa shape index (κ1) is 13.6. The minimum Gasteiger partial charge on any atom is -0.481 e. The summed E-state index contributed by atoms with van der Waals surface area (Å²) in [5.74, 6) is 0.782. The van der Waals surface area contributed by atoms with Gasteiger partial charge in [-0.25, -0.2) is 4.98 Å². The van der Waals surface area contributed by atoms with Crippen LogP contribution in [0.15, 0.2) is 36.5 Å². The summed E-state index contributed by atoms with van der Waals surface area (Å²) >= 11 is 0. The molecule has 4 nitrogen and oxygen atoms in total. The maximum atomic E-state index is 10.6. The number of ether oxygens (including phenoxy) is 1. The Hall–Kier alpha value is -2.36. The maximum absolute atomic E-state index is 10.6. The standard InChI is InChI=1S/C17H17NO3/c19-16(20)8-2-5-12-4-1-7-15-14(12)10-9-13-6-3-11-18-17(13)21-15/h1,3-4,6-7,11H,2,5,8-10H2,(H,19,20). The molecule has 108 valence electrons. The first-order chi connectivity index (χ1) is 10.2. The van der Waals surface area contributed by atoms with Gasteiger partial charge in [0.05, 0.1) is 0 Å². The third-order valence-corrected chi connectivity index (χ3v) is 3.77. The van der Waals surface area contributed by atoms with Crippen molar-refractivity contribution in [3.05, 3.63) is 53.2 Å². The number of hydrogen-bond donors (Lipinski definition) is 1. The number of carboxylic acid groups (broad SMARTS) is 1. The van der Waals surface area contributed by atoms with Crippen LogP contribution in [0.2, 0.25) is 0 Å². The van der Waals surface area contributed by atoms with Crippen molar-refractivity contribution in [2.75, 3.05) is 0 Å². The molecule has 1 aromatic heterocycles. The molecule has 1 aromatic carbocycles. The molecule has 0 radical (unpaired) electrons. The molecule has 4 heteroatoms. The van der Waals surface area contributed by atoms with Crippen LogP contribution in [0.5, 0.6) is 11.6 Å². The number of nitrogens with zero attached hydrogens (tertiary/aromatic N) is 1. The predicted octanol–water partition coefficient (Wildman–Crippen LogP) is 3.38. The molecule has 0 bridgehead atoms. The molecule has 0 amide bonds. The Balaban J connectivity index is 1.84. The van der Waals surface area contributed by atoms with Gasteiger partial charge in [0.2, 0.25) is 5.88 Å². The second-order valence-corrected chi connectivity index (χ2v) is 5.21. The zero-order valence-electron chi connectivity index (χ0n) is 11.7. The summed E-state index contributed by atoms with van der Waals surface area (Å²) in [6.45, 7) is 0. The Morgan fingerprint density at radius 2 is 2.14 bits per heavy atom. The number of aliphatic carboxylic acids is 1. The van der Waals surface area contributed by atoms with Gasteiger partial charge < -0.3 is 9.84 Å². The fourth-order valence-electron chi connectivity index (χ4n) is 2.72. The normalized spacial score (nSPS) is 12.8. The molecule has 0 unspecified atom stereocenters. The monoisotopic (exact) mass is 283 g/mol. The molecule has 0 fully saturated rings. The van der Waals surface area contributed by atoms with Crippen LogP contribution in [-0.4, -0.2) is 16.1 Å². The molecule has 2 aromatic rings. The summed E-state index contributed by atoms with van der Waals surface area (Å²) in [7, 11) is 0. The van der Waals surface area contributed by atoms with E-state index >= 15 is 0 Å². The Bertz CT molecular complexity index is 667. The SMILES string of the molecule is O=C(O)CCCc1cccc2c1CCc1cccnc1O2. The fourth-order valence-corrected chi connectivity index (χ4v) is 2.72. The first-order valence-electron chi connectivity index (χ1n) is 7.18. The molecule has 0 spiro atoms. The second-order valence-electron chi connectivity index (χ2n) is 5.21. The lowest BCUT2D eigenvalue weighted by Gasteiger charge is -2.11. The van der Waals surface area contributed by atoms with Crippen molar-refractivity contribution in [1.82, 2.24) is 4.98 Å². The van der Waals surface area contributed by atoms with Crippen molar-refractivity contribution in [1.29, 1.82) is 0 Å². The molecule has 1 aliphatic heterocycles. The number of benzene rings is 1. The summed E-state index contributed by atoms with van der Waals surface area (Å²) in [5, 5.41) is 8.76. The fraction of sp³-hybridized carbons (Fsp3) is 0.294. The van der Waals surface area contributed by atoms with E-state index in [-0.39, 0.29) is 6.42 Å². The molecule has 0 atom stereocenters. The van der Waals surface area contributed by atoms with Crippen LogP contribution in [0.4, 0.5) is 0 Å². The van der Waals surface area contributed by atoms with Crippen molar-refractivity contribution >= 4 is 5.97 Å². The Kier molecular flexibility index (Phi) is 3.86. The van der Waals surface area contributed by atoms with Crippen molar-refractivity contribution in [2.24, 2.45) is 0 Å². The van der Waals surface area contributed by atoms with E-state index in [9.17, 15) is 4.79 Å². The molecule has 3 rings (SSSR count). The van der Waals surface area contributed by atoms with Gasteiger partial charge in [0.25, 0.3) is 0 Å². The average molecular weight is 283 g/mol. The molecule has 0 saturated carbocycles. The van der Waals surface area contributed by atoms with Crippen LogP contribution in [0.1, 0.15) is 29.5 Å². The van der Waals surface area contributed by atoms with Gasteiger partial charge >= 0.3 is 5.97 Å². The summed E-state index contributed by atoms with van der Waals surface area (Å²) in [6.07, 6.45) is 5.15. The van der Waals surface area contributed by atoms with E-state index in [1.165, 1.54) is 11.1 Å². The van der Waals surface area contributed by atoms with E-state index in [0.717, 1.165) is 30.6 Å². The van der Waals surface area contributed by atoms with E-state index < -0.39 is 5.97 Å². The van der Waals surface area contributed by atoms with E-state index in [4.69, 9.17) is 9.84 Å². The number of carbonyl (C=O) groups is 1. The second kappa shape index (κ2) is 5.95. The quantitative estimate of drug-likeness (QED) is 0.934. The zero-order chi connectivity index (χ0) is 14.7. The van der Waals surface area contributed by atoms with Crippen molar-refractivity contribution in [2.45, 2.75) is 32.1 Å². The van der Waals surface area contributed by atoms with Crippen molar-refractivity contribution < 1.29 is 14.6 Å². The predicted molar refractivity (Wildman–Crippen MR) is 78.7 cm³/mol. The smallest absolute Gasteiger partial charge is 0.303 e. The Morgan fingerprint density at radius 3 is 3.00 bits per heavy atom. The number of hydrogen-bond acceptors (Lipinski definition) is 3. The zero-order valence-corrected chi connectivity index (χ0v) is 11.7.